The molecule has 0 heterocycles. The Bertz CT molecular complexity index is 1100. The molecule has 3 atom stereocenters. The highest BCUT2D eigenvalue weighted by Gasteiger charge is 2.28. The number of aliphatic hydroxyl groups excluding tert-OH is 1. The van der Waals surface area contributed by atoms with Gasteiger partial charge in [0.05, 0.1) is 13.2 Å². The molecule has 0 spiro atoms. The number of carboxylic acids is 1. The van der Waals surface area contributed by atoms with Crippen LogP contribution in [0.15, 0.2) is 72.9 Å². The summed E-state index contributed by atoms with van der Waals surface area (Å²) in [5, 5.41) is 21.5. The summed E-state index contributed by atoms with van der Waals surface area (Å²) >= 11 is 0. The first-order valence-electron chi connectivity index (χ1n) is 17.0. The Hall–Kier alpha value is -3.08. The maximum Gasteiger partial charge on any atom is 0.472 e. The predicted molar refractivity (Wildman–Crippen MR) is 189 cm³/mol. The van der Waals surface area contributed by atoms with Crippen LogP contribution >= 0.6 is 7.82 Å². The van der Waals surface area contributed by atoms with E-state index < -0.39 is 57.6 Å². The molecule has 272 valence electrons. The van der Waals surface area contributed by atoms with E-state index in [2.05, 4.69) is 82.9 Å². The fraction of sp³-hybridized carbons (Fsp3) is 0.583. The lowest BCUT2D eigenvalue weighted by Crippen LogP contribution is -2.43. The molecule has 3 unspecified atom stereocenters. The molecule has 0 bridgehead atoms. The quantitative estimate of drug-likeness (QED) is 0.0257. The highest BCUT2D eigenvalue weighted by Crippen LogP contribution is 2.43. The van der Waals surface area contributed by atoms with Gasteiger partial charge in [-0.2, -0.15) is 0 Å². The van der Waals surface area contributed by atoms with E-state index in [1.165, 1.54) is 0 Å². The molecule has 12 heteroatoms. The third kappa shape index (κ3) is 30.3. The van der Waals surface area contributed by atoms with Crippen molar-refractivity contribution < 1.29 is 47.8 Å². The molecule has 0 aliphatic heterocycles. The molecule has 11 nitrogen and oxygen atoms in total. The number of hydrogen-bond acceptors (Lipinski definition) is 8. The number of amides is 1. The van der Waals surface area contributed by atoms with E-state index in [0.29, 0.717) is 12.8 Å². The van der Waals surface area contributed by atoms with Crippen molar-refractivity contribution >= 4 is 25.7 Å². The molecule has 0 aromatic rings. The van der Waals surface area contributed by atoms with E-state index in [9.17, 15) is 34.1 Å². The Balaban J connectivity index is 4.06. The van der Waals surface area contributed by atoms with Gasteiger partial charge in [0.25, 0.3) is 0 Å². The molecule has 48 heavy (non-hydrogen) atoms. The number of ether oxygens (including phenoxy) is 1. The molecule has 1 amide bonds. The van der Waals surface area contributed by atoms with Crippen LogP contribution in [0.1, 0.15) is 104 Å². The van der Waals surface area contributed by atoms with Crippen molar-refractivity contribution in [3.63, 3.8) is 0 Å². The molecule has 0 rings (SSSR count). The number of nitrogens with one attached hydrogen (secondary N) is 1. The zero-order valence-electron chi connectivity index (χ0n) is 28.8. The summed E-state index contributed by atoms with van der Waals surface area (Å²) in [6.07, 6.45) is 34.5. The largest absolute Gasteiger partial charge is 0.480 e. The Morgan fingerprint density at radius 2 is 1.19 bits per heavy atom. The number of phosphoric acid groups is 1. The monoisotopic (exact) mass is 695 g/mol. The van der Waals surface area contributed by atoms with Crippen LogP contribution in [0.3, 0.4) is 0 Å². The van der Waals surface area contributed by atoms with Gasteiger partial charge in [-0.15, -0.1) is 0 Å². The summed E-state index contributed by atoms with van der Waals surface area (Å²) in [5.74, 6) is -2.50. The standard InChI is InChI=1S/C36H58NO10P/c1-3-5-7-9-10-11-12-13-14-15-16-17-18-19-20-21-22-24-26-28-35(40)45-29-32(38)30-46-48(43,44)47-31-33(36(41)42)37-34(39)27-25-23-8-6-4-2/h5,7,10-11,13-14,16-17,19-20,22,24,32-33,38H,3-4,6,8-9,12,15,18,21,23,25-31H2,1-2H3,(H,37,39)(H,41,42)(H,43,44)/b7-5-,11-10-,14-13-,17-16-,20-19-,24-22-. The van der Waals surface area contributed by atoms with Gasteiger partial charge in [-0.3, -0.25) is 18.6 Å². The zero-order chi connectivity index (χ0) is 35.7. The number of esters is 1. The van der Waals surface area contributed by atoms with Gasteiger partial charge in [0.2, 0.25) is 5.91 Å². The van der Waals surface area contributed by atoms with E-state index >= 15 is 0 Å². The minimum atomic E-state index is -4.75. The maximum absolute atomic E-state index is 12.1. The number of phosphoric ester groups is 1. The number of rotatable bonds is 30. The second-order valence-electron chi connectivity index (χ2n) is 11.0. The summed E-state index contributed by atoms with van der Waals surface area (Å²) in [7, 11) is -4.75. The SMILES string of the molecule is CC/C=C\C/C=C\C/C=C\C/C=C\C/C=C\C/C=C\CCC(=O)OCC(O)COP(=O)(O)OCC(NC(=O)CCCCCCC)C(=O)O. The molecule has 0 saturated carbocycles. The van der Waals surface area contributed by atoms with Crippen LogP contribution in [-0.2, 0) is 32.7 Å². The van der Waals surface area contributed by atoms with Crippen molar-refractivity contribution in [1.82, 2.24) is 5.32 Å². The lowest BCUT2D eigenvalue weighted by molar-refractivity contribution is -0.147. The Labute approximate surface area is 287 Å². The first kappa shape index (κ1) is 44.9. The second kappa shape index (κ2) is 31.2. The summed E-state index contributed by atoms with van der Waals surface area (Å²) in [6, 6.07) is -1.55. The van der Waals surface area contributed by atoms with E-state index in [1.54, 1.807) is 0 Å². The molecule has 0 radical (unpaired) electrons. The van der Waals surface area contributed by atoms with E-state index in [1.807, 2.05) is 18.2 Å². The summed E-state index contributed by atoms with van der Waals surface area (Å²) in [6.45, 7) is 2.22. The van der Waals surface area contributed by atoms with Gasteiger partial charge in [0, 0.05) is 12.8 Å². The van der Waals surface area contributed by atoms with Crippen LogP contribution in [0.4, 0.5) is 0 Å². The van der Waals surface area contributed by atoms with Crippen LogP contribution in [0.2, 0.25) is 0 Å². The van der Waals surface area contributed by atoms with E-state index in [4.69, 9.17) is 4.74 Å². The van der Waals surface area contributed by atoms with Crippen molar-refractivity contribution in [2.75, 3.05) is 19.8 Å². The van der Waals surface area contributed by atoms with Gasteiger partial charge >= 0.3 is 19.8 Å². The molecule has 0 aliphatic rings. The highest BCUT2D eigenvalue weighted by atomic mass is 31.2. The number of allylic oxidation sites excluding steroid dienone is 12. The molecule has 0 aromatic carbocycles. The van der Waals surface area contributed by atoms with Crippen LogP contribution in [0.25, 0.3) is 0 Å². The molecule has 0 saturated heterocycles. The number of carbonyl (C=O) groups is 3. The first-order chi connectivity index (χ1) is 23.1. The van der Waals surface area contributed by atoms with Crippen molar-refractivity contribution in [2.24, 2.45) is 0 Å². The summed E-state index contributed by atoms with van der Waals surface area (Å²) in [4.78, 5) is 45.2. The van der Waals surface area contributed by atoms with E-state index in [0.717, 1.165) is 64.2 Å². The minimum absolute atomic E-state index is 0.0956. The lowest BCUT2D eigenvalue weighted by Gasteiger charge is -2.18. The third-order valence-electron chi connectivity index (χ3n) is 6.52. The van der Waals surface area contributed by atoms with Crippen molar-refractivity contribution in [2.45, 2.75) is 116 Å². The second-order valence-corrected chi connectivity index (χ2v) is 12.4. The van der Waals surface area contributed by atoms with Gasteiger partial charge in [-0.05, 0) is 51.4 Å². The van der Waals surface area contributed by atoms with Gasteiger partial charge in [0.15, 0.2) is 6.04 Å². The van der Waals surface area contributed by atoms with Gasteiger partial charge in [-0.25, -0.2) is 9.36 Å². The number of unbranched alkanes of at least 4 members (excludes halogenated alkanes) is 4. The van der Waals surface area contributed by atoms with Crippen molar-refractivity contribution in [1.29, 1.82) is 0 Å². The Morgan fingerprint density at radius 3 is 1.71 bits per heavy atom. The van der Waals surface area contributed by atoms with Crippen LogP contribution in [-0.4, -0.2) is 64.9 Å². The number of aliphatic carboxylic acids is 1. The molecule has 4 N–H and O–H groups in total. The minimum Gasteiger partial charge on any atom is -0.480 e. The number of aliphatic hydroxyl groups is 1. The zero-order valence-corrected chi connectivity index (χ0v) is 29.6. The number of hydrogen-bond donors (Lipinski definition) is 4. The van der Waals surface area contributed by atoms with Gasteiger partial charge in [-0.1, -0.05) is 112 Å². The molecular weight excluding hydrogens is 637 g/mol. The highest BCUT2D eigenvalue weighted by molar-refractivity contribution is 7.47. The van der Waals surface area contributed by atoms with Gasteiger partial charge < -0.3 is 25.2 Å². The summed E-state index contributed by atoms with van der Waals surface area (Å²) in [5.41, 5.74) is 0. The molecule has 0 fully saturated rings. The smallest absolute Gasteiger partial charge is 0.472 e. The van der Waals surface area contributed by atoms with Crippen LogP contribution < -0.4 is 5.32 Å². The topological polar surface area (TPSA) is 169 Å². The van der Waals surface area contributed by atoms with Crippen molar-refractivity contribution in [3.8, 4) is 0 Å². The molecule has 0 aliphatic carbocycles. The molecule has 0 aromatic heterocycles. The fourth-order valence-corrected chi connectivity index (χ4v) is 4.64. The number of carboxylic acid groups (broad SMARTS) is 1. The van der Waals surface area contributed by atoms with Crippen LogP contribution in [0.5, 0.6) is 0 Å². The van der Waals surface area contributed by atoms with E-state index in [-0.39, 0.29) is 12.8 Å². The maximum atomic E-state index is 12.1. The molecular formula is C36H58NO10P. The first-order valence-corrected chi connectivity index (χ1v) is 18.5. The average Bonchev–Trinajstić information content (AvgIpc) is 3.05. The van der Waals surface area contributed by atoms with Crippen LogP contribution in [0, 0.1) is 0 Å². The van der Waals surface area contributed by atoms with Gasteiger partial charge in [0.1, 0.15) is 12.7 Å². The Kier molecular flexibility index (Phi) is 29.2. The summed E-state index contributed by atoms with van der Waals surface area (Å²) < 4.78 is 26.4. The predicted octanol–water partition coefficient (Wildman–Crippen LogP) is 7.43. The number of carbonyl (C=O) groups excluding carboxylic acids is 2. The third-order valence-corrected chi connectivity index (χ3v) is 7.47. The fourth-order valence-electron chi connectivity index (χ4n) is 3.87. The normalized spacial score (nSPS) is 14.9. The lowest BCUT2D eigenvalue weighted by atomic mass is 10.1. The van der Waals surface area contributed by atoms with Crippen molar-refractivity contribution in [3.05, 3.63) is 72.9 Å². The Morgan fingerprint density at radius 1 is 0.688 bits per heavy atom. The average molecular weight is 696 g/mol.